The summed E-state index contributed by atoms with van der Waals surface area (Å²) in [5.41, 5.74) is 1.21. The van der Waals surface area contributed by atoms with Gasteiger partial charge in [-0.2, -0.15) is 0 Å². The normalized spacial score (nSPS) is 10.4. The van der Waals surface area contributed by atoms with Crippen molar-refractivity contribution in [1.29, 1.82) is 0 Å². The summed E-state index contributed by atoms with van der Waals surface area (Å²) in [7, 11) is 0. The summed E-state index contributed by atoms with van der Waals surface area (Å²) in [5, 5.41) is 0.772. The third-order valence-corrected chi connectivity index (χ3v) is 3.78. The van der Waals surface area contributed by atoms with Crippen molar-refractivity contribution >= 4 is 22.8 Å². The quantitative estimate of drug-likeness (QED) is 0.507. The lowest BCUT2D eigenvalue weighted by molar-refractivity contribution is -0.133. The number of hydrogen-bond acceptors (Lipinski definition) is 5. The standard InChI is InChI=1S/C20H23NO5/c1-5-10-21(11-6-2)18(22)13-25-20(23)19-14(4)16-12-15(24-7-3)8-9-17(16)26-19/h5-6,8-9,12H,1-2,7,10-11,13H2,3-4H3. The number of hydrogen-bond donors (Lipinski definition) is 0. The molecular formula is C20H23NO5. The van der Waals surface area contributed by atoms with Crippen molar-refractivity contribution in [2.75, 3.05) is 26.3 Å². The van der Waals surface area contributed by atoms with Crippen molar-refractivity contribution in [3.63, 3.8) is 0 Å². The summed E-state index contributed by atoms with van der Waals surface area (Å²) in [5.74, 6) is -0.225. The number of furan rings is 1. The number of benzene rings is 1. The molecule has 0 aliphatic carbocycles. The van der Waals surface area contributed by atoms with Crippen LogP contribution in [0.4, 0.5) is 0 Å². The van der Waals surface area contributed by atoms with E-state index in [1.807, 2.05) is 13.0 Å². The maximum absolute atomic E-state index is 12.3. The molecule has 6 nitrogen and oxygen atoms in total. The Bertz CT molecular complexity index is 811. The fourth-order valence-corrected chi connectivity index (χ4v) is 2.53. The largest absolute Gasteiger partial charge is 0.494 e. The molecule has 1 aromatic carbocycles. The number of nitrogens with zero attached hydrogens (tertiary/aromatic N) is 1. The third kappa shape index (κ3) is 4.33. The van der Waals surface area contributed by atoms with Crippen molar-refractivity contribution in [2.45, 2.75) is 13.8 Å². The van der Waals surface area contributed by atoms with Crippen LogP contribution in [0.1, 0.15) is 23.0 Å². The average molecular weight is 357 g/mol. The van der Waals surface area contributed by atoms with Crippen molar-refractivity contribution in [2.24, 2.45) is 0 Å². The first-order chi connectivity index (χ1) is 12.5. The van der Waals surface area contributed by atoms with E-state index >= 15 is 0 Å². The van der Waals surface area contributed by atoms with E-state index in [-0.39, 0.29) is 18.3 Å². The Morgan fingerprint density at radius 2 is 1.92 bits per heavy atom. The fraction of sp³-hybridized carbons (Fsp3) is 0.300. The summed E-state index contributed by atoms with van der Waals surface area (Å²) >= 11 is 0. The number of carbonyl (C=O) groups excluding carboxylic acids is 2. The van der Waals surface area contributed by atoms with Gasteiger partial charge in [-0.05, 0) is 32.0 Å². The Kier molecular flexibility index (Phi) is 6.60. The molecule has 26 heavy (non-hydrogen) atoms. The van der Waals surface area contributed by atoms with Crippen LogP contribution in [0.3, 0.4) is 0 Å². The smallest absolute Gasteiger partial charge is 0.375 e. The van der Waals surface area contributed by atoms with Gasteiger partial charge in [0.25, 0.3) is 5.91 Å². The highest BCUT2D eigenvalue weighted by Crippen LogP contribution is 2.29. The van der Waals surface area contributed by atoms with Gasteiger partial charge in [0.2, 0.25) is 5.76 Å². The second-order valence-electron chi connectivity index (χ2n) is 5.60. The molecule has 0 saturated heterocycles. The second kappa shape index (κ2) is 8.89. The number of rotatable bonds is 9. The lowest BCUT2D eigenvalue weighted by Crippen LogP contribution is -2.35. The van der Waals surface area contributed by atoms with Crippen LogP contribution >= 0.6 is 0 Å². The highest BCUT2D eigenvalue weighted by Gasteiger charge is 2.21. The van der Waals surface area contributed by atoms with Gasteiger partial charge >= 0.3 is 5.97 Å². The van der Waals surface area contributed by atoms with E-state index < -0.39 is 5.97 Å². The molecule has 0 atom stereocenters. The first kappa shape index (κ1) is 19.3. The first-order valence-electron chi connectivity index (χ1n) is 8.34. The minimum Gasteiger partial charge on any atom is -0.494 e. The Labute approximate surface area is 152 Å². The van der Waals surface area contributed by atoms with Crippen LogP contribution in [-0.2, 0) is 9.53 Å². The van der Waals surface area contributed by atoms with Crippen molar-refractivity contribution in [3.8, 4) is 5.75 Å². The predicted molar refractivity (Wildman–Crippen MR) is 99.4 cm³/mol. The molecule has 0 aliphatic rings. The van der Waals surface area contributed by atoms with Gasteiger partial charge in [0.05, 0.1) is 6.61 Å². The van der Waals surface area contributed by atoms with Crippen molar-refractivity contribution in [1.82, 2.24) is 4.90 Å². The molecule has 0 spiro atoms. The zero-order chi connectivity index (χ0) is 19.1. The molecule has 2 rings (SSSR count). The molecule has 1 amide bonds. The van der Waals surface area contributed by atoms with Gasteiger partial charge in [0.15, 0.2) is 6.61 Å². The summed E-state index contributed by atoms with van der Waals surface area (Å²) in [6.07, 6.45) is 3.20. The number of esters is 1. The molecule has 2 aromatic rings. The minimum atomic E-state index is -0.679. The average Bonchev–Trinajstić information content (AvgIpc) is 2.96. The molecular weight excluding hydrogens is 334 g/mol. The molecule has 0 saturated carbocycles. The third-order valence-electron chi connectivity index (χ3n) is 3.78. The fourth-order valence-electron chi connectivity index (χ4n) is 2.53. The van der Waals surface area contributed by atoms with Crippen LogP contribution in [0, 0.1) is 6.92 Å². The van der Waals surface area contributed by atoms with E-state index in [0.717, 1.165) is 5.39 Å². The van der Waals surface area contributed by atoms with Crippen molar-refractivity contribution in [3.05, 3.63) is 54.8 Å². The topological polar surface area (TPSA) is 69.0 Å². The van der Waals surface area contributed by atoms with Crippen LogP contribution in [-0.4, -0.2) is 43.1 Å². The zero-order valence-corrected chi connectivity index (χ0v) is 15.1. The first-order valence-corrected chi connectivity index (χ1v) is 8.34. The van der Waals surface area contributed by atoms with Crippen LogP contribution in [0.5, 0.6) is 5.75 Å². The number of amides is 1. The van der Waals surface area contributed by atoms with Gasteiger partial charge in [0, 0.05) is 24.0 Å². The molecule has 6 heteroatoms. The monoisotopic (exact) mass is 357 g/mol. The zero-order valence-electron chi connectivity index (χ0n) is 15.1. The van der Waals surface area contributed by atoms with Crippen LogP contribution in [0.25, 0.3) is 11.0 Å². The lowest BCUT2D eigenvalue weighted by Gasteiger charge is -2.18. The van der Waals surface area contributed by atoms with Gasteiger partial charge < -0.3 is 18.8 Å². The lowest BCUT2D eigenvalue weighted by atomic mass is 10.1. The molecule has 0 radical (unpaired) electrons. The van der Waals surface area contributed by atoms with E-state index in [9.17, 15) is 9.59 Å². The van der Waals surface area contributed by atoms with E-state index in [1.165, 1.54) is 4.90 Å². The SMILES string of the molecule is C=CCN(CC=C)C(=O)COC(=O)c1oc2ccc(OCC)cc2c1C. The number of aryl methyl sites for hydroxylation is 1. The van der Waals surface area contributed by atoms with E-state index in [4.69, 9.17) is 13.9 Å². The Morgan fingerprint density at radius 1 is 1.23 bits per heavy atom. The summed E-state index contributed by atoms with van der Waals surface area (Å²) in [4.78, 5) is 25.9. The maximum Gasteiger partial charge on any atom is 0.375 e. The second-order valence-corrected chi connectivity index (χ2v) is 5.60. The van der Waals surface area contributed by atoms with E-state index in [1.54, 1.807) is 31.2 Å². The van der Waals surface area contributed by atoms with Gasteiger partial charge in [0.1, 0.15) is 11.3 Å². The Morgan fingerprint density at radius 3 is 2.54 bits per heavy atom. The van der Waals surface area contributed by atoms with Gasteiger partial charge in [-0.25, -0.2) is 4.79 Å². The summed E-state index contributed by atoms with van der Waals surface area (Å²) in [6, 6.07) is 5.33. The Hall–Kier alpha value is -3.02. The molecule has 0 fully saturated rings. The number of ether oxygens (including phenoxy) is 2. The van der Waals surface area contributed by atoms with Gasteiger partial charge in [-0.1, -0.05) is 12.2 Å². The van der Waals surface area contributed by atoms with E-state index in [2.05, 4.69) is 13.2 Å². The predicted octanol–water partition coefficient (Wildman–Crippen LogP) is 3.50. The van der Waals surface area contributed by atoms with Crippen molar-refractivity contribution < 1.29 is 23.5 Å². The molecule has 0 N–H and O–H groups in total. The number of carbonyl (C=O) groups is 2. The van der Waals surface area contributed by atoms with Crippen LogP contribution in [0.2, 0.25) is 0 Å². The molecule has 138 valence electrons. The van der Waals surface area contributed by atoms with Crippen LogP contribution < -0.4 is 4.74 Å². The number of fused-ring (bicyclic) bond motifs is 1. The Balaban J connectivity index is 2.11. The van der Waals surface area contributed by atoms with E-state index in [0.29, 0.717) is 36.6 Å². The summed E-state index contributed by atoms with van der Waals surface area (Å²) < 4.78 is 16.2. The van der Waals surface area contributed by atoms with Gasteiger partial charge in [-0.15, -0.1) is 13.2 Å². The van der Waals surface area contributed by atoms with Gasteiger partial charge in [-0.3, -0.25) is 4.79 Å². The molecule has 0 aliphatic heterocycles. The highest BCUT2D eigenvalue weighted by molar-refractivity contribution is 5.97. The molecule has 1 heterocycles. The minimum absolute atomic E-state index is 0.0837. The highest BCUT2D eigenvalue weighted by atomic mass is 16.5. The molecule has 1 aromatic heterocycles. The maximum atomic E-state index is 12.3. The summed E-state index contributed by atoms with van der Waals surface area (Å²) in [6.45, 7) is 11.7. The molecule has 0 bridgehead atoms. The molecule has 0 unspecified atom stereocenters. The van der Waals surface area contributed by atoms with Crippen LogP contribution in [0.15, 0.2) is 47.9 Å².